The van der Waals surface area contributed by atoms with E-state index in [9.17, 15) is 40.5 Å². The monoisotopic (exact) mass is 1020 g/mol. The number of aliphatic hydroxyl groups is 7. The first-order valence-electron chi connectivity index (χ1n) is 30.4. The van der Waals surface area contributed by atoms with Gasteiger partial charge in [0.05, 0.1) is 25.4 Å². The van der Waals surface area contributed by atoms with Gasteiger partial charge in [-0.05, 0) is 64.2 Å². The summed E-state index contributed by atoms with van der Waals surface area (Å²) in [5.41, 5.74) is 0. The van der Waals surface area contributed by atoms with Crippen molar-refractivity contribution in [3.05, 3.63) is 36.5 Å². The van der Waals surface area contributed by atoms with Crippen molar-refractivity contribution in [2.75, 3.05) is 13.2 Å². The van der Waals surface area contributed by atoms with Gasteiger partial charge in [0.1, 0.15) is 36.6 Å². The summed E-state index contributed by atoms with van der Waals surface area (Å²) < 4.78 is 11.1. The van der Waals surface area contributed by atoms with Gasteiger partial charge in [0, 0.05) is 0 Å². The number of aliphatic hydroxyl groups excluding tert-OH is 7. The van der Waals surface area contributed by atoms with E-state index in [0.717, 1.165) is 44.9 Å². The Balaban J connectivity index is 2.31. The fraction of sp³-hybridized carbons (Fsp3) is 0.885. The quantitative estimate of drug-likeness (QED) is 0.0215. The number of rotatable bonds is 52. The van der Waals surface area contributed by atoms with Gasteiger partial charge < -0.3 is 50.5 Å². The van der Waals surface area contributed by atoms with Gasteiger partial charge in [0.25, 0.3) is 0 Å². The number of nitrogens with one attached hydrogen (secondary N) is 1. The van der Waals surface area contributed by atoms with E-state index in [1.54, 1.807) is 0 Å². The number of carbonyl (C=O) groups is 1. The minimum atomic E-state index is -1.67. The van der Waals surface area contributed by atoms with E-state index < -0.39 is 74.2 Å². The molecule has 0 aliphatic carbocycles. The van der Waals surface area contributed by atoms with Gasteiger partial charge >= 0.3 is 0 Å². The molecule has 1 amide bonds. The van der Waals surface area contributed by atoms with Crippen molar-refractivity contribution in [3.63, 3.8) is 0 Å². The summed E-state index contributed by atoms with van der Waals surface area (Å²) in [5, 5.41) is 76.2. The normalized spacial score (nSPS) is 20.3. The average Bonchev–Trinajstić information content (AvgIpc) is 3.38. The molecule has 11 nitrogen and oxygen atoms in total. The number of unbranched alkanes of at least 4 members (excludes halogenated alkanes) is 34. The van der Waals surface area contributed by atoms with Crippen LogP contribution < -0.4 is 5.32 Å². The van der Waals surface area contributed by atoms with Crippen LogP contribution in [-0.4, -0.2) is 110 Å². The molecule has 0 bridgehead atoms. The summed E-state index contributed by atoms with van der Waals surface area (Å²) in [7, 11) is 0. The highest BCUT2D eigenvalue weighted by Gasteiger charge is 2.44. The molecular formula is C61H115NO10. The molecule has 424 valence electrons. The molecule has 0 aromatic carbocycles. The molecule has 9 atom stereocenters. The van der Waals surface area contributed by atoms with Gasteiger partial charge in [0.15, 0.2) is 6.29 Å². The van der Waals surface area contributed by atoms with Crippen molar-refractivity contribution in [1.29, 1.82) is 0 Å². The smallest absolute Gasteiger partial charge is 0.249 e. The van der Waals surface area contributed by atoms with E-state index >= 15 is 0 Å². The minimum Gasteiger partial charge on any atom is -0.394 e. The maximum Gasteiger partial charge on any atom is 0.249 e. The lowest BCUT2D eigenvalue weighted by molar-refractivity contribution is -0.303. The molecule has 8 N–H and O–H groups in total. The number of carbonyl (C=O) groups excluding carboxylic acids is 1. The summed E-state index contributed by atoms with van der Waals surface area (Å²) in [5.74, 6) is -0.708. The van der Waals surface area contributed by atoms with Gasteiger partial charge in [-0.1, -0.05) is 249 Å². The number of ether oxygens (including phenoxy) is 2. The van der Waals surface area contributed by atoms with Crippen molar-refractivity contribution in [1.82, 2.24) is 5.32 Å². The lowest BCUT2D eigenvalue weighted by Gasteiger charge is -2.40. The SMILES string of the molecule is CCCCCCCCC/C=C/CC/C=C/CC/C=C/CCCC(O)C(O)C(COC1OC(CO)C(O)C(O)C1O)NC(=O)C(O)CCCCCCCCCCCCCCCCCCCCCCCCCCC. The van der Waals surface area contributed by atoms with Crippen LogP contribution in [0.3, 0.4) is 0 Å². The predicted molar refractivity (Wildman–Crippen MR) is 298 cm³/mol. The van der Waals surface area contributed by atoms with Crippen LogP contribution in [0.4, 0.5) is 0 Å². The van der Waals surface area contributed by atoms with Crippen LogP contribution in [0.25, 0.3) is 0 Å². The lowest BCUT2D eigenvalue weighted by Crippen LogP contribution is -2.60. The van der Waals surface area contributed by atoms with Crippen molar-refractivity contribution >= 4 is 5.91 Å². The highest BCUT2D eigenvalue weighted by Crippen LogP contribution is 2.23. The van der Waals surface area contributed by atoms with Crippen molar-refractivity contribution in [3.8, 4) is 0 Å². The van der Waals surface area contributed by atoms with Crippen LogP contribution in [0.1, 0.15) is 277 Å². The number of hydrogen-bond acceptors (Lipinski definition) is 10. The minimum absolute atomic E-state index is 0.242. The van der Waals surface area contributed by atoms with E-state index in [2.05, 4.69) is 55.6 Å². The molecule has 1 aliphatic rings. The zero-order chi connectivity index (χ0) is 52.5. The zero-order valence-electron chi connectivity index (χ0n) is 46.4. The Kier molecular flexibility index (Phi) is 47.6. The Labute approximate surface area is 441 Å². The standard InChI is InChI=1S/C61H115NO10/c1-3-5-7-9-11-13-15-17-19-21-23-25-26-27-28-29-31-33-35-37-39-41-43-45-47-49-54(65)60(70)62-52(51-71-61-59(69)58(68)57(67)55(50-63)72-61)56(66)53(64)48-46-44-42-40-38-36-34-32-30-24-22-20-18-16-14-12-10-8-6-4-2/h20,22,32,34,40,42,52-59,61,63-69H,3-19,21,23-31,33,35-39,41,43-51H2,1-2H3,(H,62,70)/b22-20+,34-32+,42-40+. The maximum atomic E-state index is 13.2. The Morgan fingerprint density at radius 1 is 0.472 bits per heavy atom. The third-order valence-corrected chi connectivity index (χ3v) is 14.7. The third-order valence-electron chi connectivity index (χ3n) is 14.7. The number of amides is 1. The second-order valence-electron chi connectivity index (χ2n) is 21.4. The fourth-order valence-electron chi connectivity index (χ4n) is 9.71. The first-order valence-corrected chi connectivity index (χ1v) is 30.4. The molecule has 0 aromatic heterocycles. The Bertz CT molecular complexity index is 1260. The van der Waals surface area contributed by atoms with Crippen LogP contribution in [0.5, 0.6) is 0 Å². The largest absolute Gasteiger partial charge is 0.394 e. The van der Waals surface area contributed by atoms with E-state index in [1.165, 1.54) is 186 Å². The average molecular weight is 1020 g/mol. The second kappa shape index (κ2) is 50.2. The Morgan fingerprint density at radius 3 is 1.24 bits per heavy atom. The number of allylic oxidation sites excluding steroid dienone is 6. The third kappa shape index (κ3) is 38.0. The van der Waals surface area contributed by atoms with Gasteiger partial charge in [0.2, 0.25) is 5.91 Å². The first-order chi connectivity index (χ1) is 35.2. The first kappa shape index (κ1) is 68.3. The fourth-order valence-corrected chi connectivity index (χ4v) is 9.71. The summed E-state index contributed by atoms with van der Waals surface area (Å²) in [6.07, 6.45) is 50.6. The molecule has 1 saturated heterocycles. The van der Waals surface area contributed by atoms with Crippen molar-refractivity contribution < 1.29 is 50.0 Å². The molecule has 11 heteroatoms. The molecular weight excluding hydrogens is 907 g/mol. The summed E-state index contributed by atoms with van der Waals surface area (Å²) in [6, 6.07) is -1.19. The lowest BCUT2D eigenvalue weighted by atomic mass is 9.98. The van der Waals surface area contributed by atoms with E-state index in [1.807, 2.05) is 0 Å². The number of hydrogen-bond donors (Lipinski definition) is 8. The maximum absolute atomic E-state index is 13.2. The topological polar surface area (TPSA) is 189 Å². The van der Waals surface area contributed by atoms with E-state index in [0.29, 0.717) is 19.3 Å². The van der Waals surface area contributed by atoms with Crippen LogP contribution in [0.15, 0.2) is 36.5 Å². The van der Waals surface area contributed by atoms with Crippen LogP contribution in [0, 0.1) is 0 Å². The molecule has 9 unspecified atom stereocenters. The Hall–Kier alpha value is -1.67. The zero-order valence-corrected chi connectivity index (χ0v) is 46.4. The molecule has 1 heterocycles. The summed E-state index contributed by atoms with van der Waals surface area (Å²) in [4.78, 5) is 13.2. The van der Waals surface area contributed by atoms with E-state index in [-0.39, 0.29) is 12.8 Å². The molecule has 1 aliphatic heterocycles. The van der Waals surface area contributed by atoms with Crippen molar-refractivity contribution in [2.45, 2.75) is 332 Å². The van der Waals surface area contributed by atoms with Gasteiger partial charge in [-0.3, -0.25) is 4.79 Å². The molecule has 0 aromatic rings. The molecule has 1 fully saturated rings. The molecule has 0 spiro atoms. The summed E-state index contributed by atoms with van der Waals surface area (Å²) in [6.45, 7) is 3.46. The molecule has 1 rings (SSSR count). The predicted octanol–water partition coefficient (Wildman–Crippen LogP) is 13.1. The van der Waals surface area contributed by atoms with Crippen LogP contribution in [0.2, 0.25) is 0 Å². The van der Waals surface area contributed by atoms with Crippen LogP contribution >= 0.6 is 0 Å². The second-order valence-corrected chi connectivity index (χ2v) is 21.4. The van der Waals surface area contributed by atoms with E-state index in [4.69, 9.17) is 9.47 Å². The summed E-state index contributed by atoms with van der Waals surface area (Å²) >= 11 is 0. The van der Waals surface area contributed by atoms with Crippen LogP contribution in [-0.2, 0) is 14.3 Å². The molecule has 0 radical (unpaired) electrons. The van der Waals surface area contributed by atoms with Crippen molar-refractivity contribution in [2.24, 2.45) is 0 Å². The van der Waals surface area contributed by atoms with Gasteiger partial charge in [-0.25, -0.2) is 0 Å². The Morgan fingerprint density at radius 2 is 0.833 bits per heavy atom. The molecule has 72 heavy (non-hydrogen) atoms. The highest BCUT2D eigenvalue weighted by atomic mass is 16.7. The molecule has 0 saturated carbocycles. The highest BCUT2D eigenvalue weighted by molar-refractivity contribution is 5.80. The van der Waals surface area contributed by atoms with Gasteiger partial charge in [-0.15, -0.1) is 0 Å². The van der Waals surface area contributed by atoms with Gasteiger partial charge in [-0.2, -0.15) is 0 Å².